The molecular formula is C14H18N2O2. The SMILES string of the molecule is N#Cc1ccc(C(O)CN2CCCC(O)C2)cc1. The largest absolute Gasteiger partial charge is 0.392 e. The molecule has 0 radical (unpaired) electrons. The van der Waals surface area contributed by atoms with E-state index in [0.29, 0.717) is 18.7 Å². The summed E-state index contributed by atoms with van der Waals surface area (Å²) in [7, 11) is 0. The van der Waals surface area contributed by atoms with Crippen LogP contribution in [0.25, 0.3) is 0 Å². The summed E-state index contributed by atoms with van der Waals surface area (Å²) < 4.78 is 0. The Balaban J connectivity index is 1.94. The molecule has 1 aromatic carbocycles. The standard InChI is InChI=1S/C14H18N2O2/c15-8-11-3-5-12(6-4-11)14(18)10-16-7-1-2-13(17)9-16/h3-6,13-14,17-18H,1-2,7,9-10H2. The van der Waals surface area contributed by atoms with Crippen LogP contribution in [-0.2, 0) is 0 Å². The third-order valence-corrected chi connectivity index (χ3v) is 3.34. The van der Waals surface area contributed by atoms with Crippen molar-refractivity contribution in [2.45, 2.75) is 25.0 Å². The fourth-order valence-corrected chi connectivity index (χ4v) is 2.33. The maximum atomic E-state index is 10.1. The highest BCUT2D eigenvalue weighted by Crippen LogP contribution is 2.18. The molecule has 1 fully saturated rings. The molecule has 0 aliphatic carbocycles. The van der Waals surface area contributed by atoms with Crippen LogP contribution >= 0.6 is 0 Å². The first-order valence-corrected chi connectivity index (χ1v) is 6.27. The van der Waals surface area contributed by atoms with E-state index in [2.05, 4.69) is 11.0 Å². The molecule has 4 heteroatoms. The lowest BCUT2D eigenvalue weighted by atomic mass is 10.0. The molecule has 4 nitrogen and oxygen atoms in total. The van der Waals surface area contributed by atoms with Crippen molar-refractivity contribution in [2.24, 2.45) is 0 Å². The minimum atomic E-state index is -0.567. The van der Waals surface area contributed by atoms with Gasteiger partial charge in [-0.2, -0.15) is 5.26 Å². The quantitative estimate of drug-likeness (QED) is 0.836. The maximum Gasteiger partial charge on any atom is 0.0991 e. The highest BCUT2D eigenvalue weighted by molar-refractivity contribution is 5.32. The van der Waals surface area contributed by atoms with Gasteiger partial charge in [0.15, 0.2) is 0 Å². The normalized spacial score (nSPS) is 22.4. The second kappa shape index (κ2) is 5.96. The number of aliphatic hydroxyl groups is 2. The summed E-state index contributed by atoms with van der Waals surface area (Å²) in [5.41, 5.74) is 1.41. The molecule has 1 heterocycles. The van der Waals surface area contributed by atoms with Gasteiger partial charge in [0, 0.05) is 13.1 Å². The van der Waals surface area contributed by atoms with E-state index in [9.17, 15) is 10.2 Å². The van der Waals surface area contributed by atoms with Gasteiger partial charge in [0.1, 0.15) is 0 Å². The Morgan fingerprint density at radius 3 is 2.72 bits per heavy atom. The minimum Gasteiger partial charge on any atom is -0.392 e. The third kappa shape index (κ3) is 3.30. The van der Waals surface area contributed by atoms with E-state index in [-0.39, 0.29) is 6.10 Å². The highest BCUT2D eigenvalue weighted by Gasteiger charge is 2.20. The van der Waals surface area contributed by atoms with Crippen molar-refractivity contribution < 1.29 is 10.2 Å². The predicted octanol–water partition coefficient (Wildman–Crippen LogP) is 1.05. The van der Waals surface area contributed by atoms with Crippen LogP contribution in [0, 0.1) is 11.3 Å². The van der Waals surface area contributed by atoms with Gasteiger partial charge in [0.05, 0.1) is 23.8 Å². The molecule has 2 rings (SSSR count). The molecule has 0 saturated carbocycles. The third-order valence-electron chi connectivity index (χ3n) is 3.34. The Hall–Kier alpha value is -1.41. The average Bonchev–Trinajstić information content (AvgIpc) is 2.39. The van der Waals surface area contributed by atoms with Gasteiger partial charge in [-0.25, -0.2) is 0 Å². The first-order chi connectivity index (χ1) is 8.69. The van der Waals surface area contributed by atoms with E-state index < -0.39 is 6.10 Å². The summed E-state index contributed by atoms with van der Waals surface area (Å²) in [5, 5.41) is 28.4. The Bertz CT molecular complexity index is 424. The molecule has 1 aromatic rings. The number of hydrogen-bond acceptors (Lipinski definition) is 4. The zero-order valence-corrected chi connectivity index (χ0v) is 10.3. The highest BCUT2D eigenvalue weighted by atomic mass is 16.3. The lowest BCUT2D eigenvalue weighted by Gasteiger charge is -2.31. The van der Waals surface area contributed by atoms with Crippen molar-refractivity contribution >= 4 is 0 Å². The van der Waals surface area contributed by atoms with Crippen LogP contribution in [0.2, 0.25) is 0 Å². The van der Waals surface area contributed by atoms with E-state index in [1.807, 2.05) is 0 Å². The topological polar surface area (TPSA) is 67.5 Å². The lowest BCUT2D eigenvalue weighted by Crippen LogP contribution is -2.40. The second-order valence-electron chi connectivity index (χ2n) is 4.81. The number of piperidine rings is 1. The van der Waals surface area contributed by atoms with Crippen LogP contribution in [0.15, 0.2) is 24.3 Å². The van der Waals surface area contributed by atoms with E-state index in [4.69, 9.17) is 5.26 Å². The van der Waals surface area contributed by atoms with Crippen molar-refractivity contribution in [1.29, 1.82) is 5.26 Å². The Labute approximate surface area is 107 Å². The van der Waals surface area contributed by atoms with E-state index in [1.165, 1.54) is 0 Å². The van der Waals surface area contributed by atoms with Crippen LogP contribution in [0.5, 0.6) is 0 Å². The van der Waals surface area contributed by atoms with Gasteiger partial charge >= 0.3 is 0 Å². The van der Waals surface area contributed by atoms with E-state index in [0.717, 1.165) is 24.9 Å². The Kier molecular flexibility index (Phi) is 4.32. The maximum absolute atomic E-state index is 10.1. The van der Waals surface area contributed by atoms with Crippen LogP contribution in [-0.4, -0.2) is 40.9 Å². The van der Waals surface area contributed by atoms with Crippen molar-refractivity contribution in [2.75, 3.05) is 19.6 Å². The molecule has 2 N–H and O–H groups in total. The van der Waals surface area contributed by atoms with Crippen molar-refractivity contribution in [3.63, 3.8) is 0 Å². The monoisotopic (exact) mass is 246 g/mol. The molecule has 2 atom stereocenters. The Morgan fingerprint density at radius 1 is 1.39 bits per heavy atom. The van der Waals surface area contributed by atoms with Crippen molar-refractivity contribution in [3.8, 4) is 6.07 Å². The van der Waals surface area contributed by atoms with Gasteiger partial charge < -0.3 is 10.2 Å². The zero-order chi connectivity index (χ0) is 13.0. The molecule has 2 unspecified atom stereocenters. The first-order valence-electron chi connectivity index (χ1n) is 6.27. The number of rotatable bonds is 3. The second-order valence-corrected chi connectivity index (χ2v) is 4.81. The van der Waals surface area contributed by atoms with Gasteiger partial charge in [0.2, 0.25) is 0 Å². The molecule has 0 bridgehead atoms. The average molecular weight is 246 g/mol. The fraction of sp³-hybridized carbons (Fsp3) is 0.500. The number of β-amino-alcohol motifs (C(OH)–C–C–N with tert-alkyl or cyclic N) is 2. The number of nitriles is 1. The zero-order valence-electron chi connectivity index (χ0n) is 10.3. The summed E-state index contributed by atoms with van der Waals surface area (Å²) in [4.78, 5) is 2.08. The smallest absolute Gasteiger partial charge is 0.0991 e. The van der Waals surface area contributed by atoms with Gasteiger partial charge in [-0.3, -0.25) is 4.90 Å². The number of likely N-dealkylation sites (tertiary alicyclic amines) is 1. The van der Waals surface area contributed by atoms with Crippen LogP contribution < -0.4 is 0 Å². The molecule has 96 valence electrons. The lowest BCUT2D eigenvalue weighted by molar-refractivity contribution is 0.0392. The van der Waals surface area contributed by atoms with Crippen LogP contribution in [0.1, 0.15) is 30.1 Å². The molecule has 0 spiro atoms. The van der Waals surface area contributed by atoms with Gasteiger partial charge in [0.25, 0.3) is 0 Å². The van der Waals surface area contributed by atoms with Crippen molar-refractivity contribution in [1.82, 2.24) is 4.90 Å². The molecular weight excluding hydrogens is 228 g/mol. The molecule has 1 saturated heterocycles. The van der Waals surface area contributed by atoms with Gasteiger partial charge in [-0.1, -0.05) is 12.1 Å². The van der Waals surface area contributed by atoms with Crippen LogP contribution in [0.4, 0.5) is 0 Å². The fourth-order valence-electron chi connectivity index (χ4n) is 2.33. The molecule has 0 amide bonds. The summed E-state index contributed by atoms with van der Waals surface area (Å²) in [6.45, 7) is 2.08. The minimum absolute atomic E-state index is 0.271. The molecule has 0 aromatic heterocycles. The van der Waals surface area contributed by atoms with Crippen molar-refractivity contribution in [3.05, 3.63) is 35.4 Å². The summed E-state index contributed by atoms with van der Waals surface area (Å²) >= 11 is 0. The van der Waals surface area contributed by atoms with Gasteiger partial charge in [-0.15, -0.1) is 0 Å². The summed E-state index contributed by atoms with van der Waals surface area (Å²) in [6.07, 6.45) is 0.986. The van der Waals surface area contributed by atoms with E-state index in [1.54, 1.807) is 24.3 Å². The number of benzene rings is 1. The number of aliphatic hydroxyl groups excluding tert-OH is 2. The number of hydrogen-bond donors (Lipinski definition) is 2. The first kappa shape index (κ1) is 13.0. The summed E-state index contributed by atoms with van der Waals surface area (Å²) in [6, 6.07) is 9.04. The van der Waals surface area contributed by atoms with Gasteiger partial charge in [-0.05, 0) is 37.1 Å². The molecule has 1 aliphatic rings. The molecule has 18 heavy (non-hydrogen) atoms. The number of nitrogens with zero attached hydrogens (tertiary/aromatic N) is 2. The van der Waals surface area contributed by atoms with Crippen LogP contribution in [0.3, 0.4) is 0 Å². The molecule has 1 aliphatic heterocycles. The summed E-state index contributed by atoms with van der Waals surface area (Å²) in [5.74, 6) is 0. The Morgan fingerprint density at radius 2 is 2.11 bits per heavy atom. The van der Waals surface area contributed by atoms with E-state index >= 15 is 0 Å². The predicted molar refractivity (Wildman–Crippen MR) is 67.8 cm³/mol.